The minimum absolute atomic E-state index is 0.143. The van der Waals surface area contributed by atoms with Crippen LogP contribution in [0, 0.1) is 0 Å². The van der Waals surface area contributed by atoms with Crippen molar-refractivity contribution >= 4 is 0 Å². The zero-order valence-electron chi connectivity index (χ0n) is 11.1. The van der Waals surface area contributed by atoms with Crippen LogP contribution in [0.1, 0.15) is 52.4 Å². The molecule has 0 heterocycles. The summed E-state index contributed by atoms with van der Waals surface area (Å²) in [6, 6.07) is 0. The molecule has 0 amide bonds. The monoisotopic (exact) mass is 230 g/mol. The minimum Gasteiger partial charge on any atom is -0.390 e. The smallest absolute Gasteiger partial charge is 0.0673 e. The first kappa shape index (κ1) is 13.9. The van der Waals surface area contributed by atoms with Crippen molar-refractivity contribution in [1.82, 2.24) is 0 Å². The van der Waals surface area contributed by atoms with E-state index in [9.17, 15) is 5.11 Å². The Kier molecular flexibility index (Phi) is 4.77. The molecule has 1 N–H and O–H groups in total. The number of hydrogen-bond acceptors (Lipinski definition) is 3. The van der Waals surface area contributed by atoms with Gasteiger partial charge in [-0.15, -0.1) is 0 Å². The zero-order valence-corrected chi connectivity index (χ0v) is 11.1. The lowest BCUT2D eigenvalue weighted by Gasteiger charge is -2.38. The van der Waals surface area contributed by atoms with E-state index in [0.717, 1.165) is 38.5 Å². The lowest BCUT2D eigenvalue weighted by atomic mass is 9.78. The third-order valence-corrected chi connectivity index (χ3v) is 3.85. The van der Waals surface area contributed by atoms with Crippen LogP contribution in [-0.2, 0) is 9.47 Å². The molecule has 0 aliphatic heterocycles. The van der Waals surface area contributed by atoms with Gasteiger partial charge in [0.1, 0.15) is 0 Å². The molecule has 0 bridgehead atoms. The first-order valence-corrected chi connectivity index (χ1v) is 6.21. The highest BCUT2D eigenvalue weighted by Gasteiger charge is 2.35. The van der Waals surface area contributed by atoms with E-state index < -0.39 is 5.60 Å². The summed E-state index contributed by atoms with van der Waals surface area (Å²) in [6.07, 6.45) is 5.71. The molecule has 2 atom stereocenters. The van der Waals surface area contributed by atoms with Gasteiger partial charge in [-0.2, -0.15) is 0 Å². The van der Waals surface area contributed by atoms with Gasteiger partial charge in [0.25, 0.3) is 0 Å². The molecule has 1 aliphatic carbocycles. The molecule has 96 valence electrons. The van der Waals surface area contributed by atoms with Crippen LogP contribution < -0.4 is 0 Å². The van der Waals surface area contributed by atoms with Crippen molar-refractivity contribution < 1.29 is 14.6 Å². The molecule has 0 spiro atoms. The number of ether oxygens (including phenoxy) is 2. The van der Waals surface area contributed by atoms with E-state index in [1.54, 1.807) is 14.2 Å². The molecule has 0 radical (unpaired) electrons. The van der Waals surface area contributed by atoms with Crippen LogP contribution in [0.15, 0.2) is 0 Å². The molecule has 16 heavy (non-hydrogen) atoms. The third kappa shape index (κ3) is 4.04. The van der Waals surface area contributed by atoms with Crippen LogP contribution >= 0.6 is 0 Å². The molecule has 3 nitrogen and oxygen atoms in total. The Morgan fingerprint density at radius 3 is 2.62 bits per heavy atom. The van der Waals surface area contributed by atoms with Crippen molar-refractivity contribution in [3.05, 3.63) is 0 Å². The van der Waals surface area contributed by atoms with E-state index in [2.05, 4.69) is 13.8 Å². The van der Waals surface area contributed by atoms with Crippen LogP contribution in [-0.4, -0.2) is 36.6 Å². The van der Waals surface area contributed by atoms with Gasteiger partial charge in [0.2, 0.25) is 0 Å². The van der Waals surface area contributed by atoms with Gasteiger partial charge in [-0.05, 0) is 46.0 Å². The van der Waals surface area contributed by atoms with Gasteiger partial charge in [0.05, 0.1) is 17.3 Å². The van der Waals surface area contributed by atoms with Crippen LogP contribution in [0.4, 0.5) is 0 Å². The Labute approximate surface area is 99.1 Å². The summed E-state index contributed by atoms with van der Waals surface area (Å²) in [5.74, 6) is 0. The second-order valence-corrected chi connectivity index (χ2v) is 5.64. The summed E-state index contributed by atoms with van der Waals surface area (Å²) in [5.41, 5.74) is -0.690. The van der Waals surface area contributed by atoms with Gasteiger partial charge in [-0.3, -0.25) is 0 Å². The van der Waals surface area contributed by atoms with E-state index in [1.165, 1.54) is 0 Å². The molecule has 0 saturated heterocycles. The second kappa shape index (κ2) is 5.48. The Hall–Kier alpha value is -0.120. The first-order chi connectivity index (χ1) is 7.41. The highest BCUT2D eigenvalue weighted by atomic mass is 16.5. The Bertz CT molecular complexity index is 215. The Morgan fingerprint density at radius 2 is 2.06 bits per heavy atom. The maximum atomic E-state index is 10.5. The van der Waals surface area contributed by atoms with Crippen LogP contribution in [0.3, 0.4) is 0 Å². The topological polar surface area (TPSA) is 38.7 Å². The van der Waals surface area contributed by atoms with Crippen molar-refractivity contribution in [2.24, 2.45) is 0 Å². The van der Waals surface area contributed by atoms with Gasteiger partial charge in [-0.25, -0.2) is 0 Å². The van der Waals surface area contributed by atoms with E-state index in [0.29, 0.717) is 0 Å². The average Bonchev–Trinajstić information content (AvgIpc) is 2.27. The van der Waals surface area contributed by atoms with Crippen LogP contribution in [0.25, 0.3) is 0 Å². The first-order valence-electron chi connectivity index (χ1n) is 6.21. The molecule has 1 aliphatic rings. The van der Waals surface area contributed by atoms with Gasteiger partial charge in [0, 0.05) is 20.6 Å². The van der Waals surface area contributed by atoms with Crippen molar-refractivity contribution in [3.8, 4) is 0 Å². The molecule has 0 aromatic carbocycles. The predicted molar refractivity (Wildman–Crippen MR) is 64.5 cm³/mol. The fourth-order valence-electron chi connectivity index (χ4n) is 2.35. The molecule has 0 aromatic heterocycles. The average molecular weight is 230 g/mol. The number of rotatable bonds is 5. The molecule has 0 aromatic rings. The van der Waals surface area contributed by atoms with E-state index >= 15 is 0 Å². The third-order valence-electron chi connectivity index (χ3n) is 3.85. The molecule has 1 fully saturated rings. The molecular formula is C13H26O3. The lowest BCUT2D eigenvalue weighted by Crippen LogP contribution is -2.40. The SMILES string of the molecule is COC1CCCC(O)(CCC(C)(C)OC)C1. The standard InChI is InChI=1S/C13H26O3/c1-12(2,16-4)8-9-13(14)7-5-6-11(10-13)15-3/h11,14H,5-10H2,1-4H3. The van der Waals surface area contributed by atoms with E-state index in [-0.39, 0.29) is 11.7 Å². The molecule has 3 heteroatoms. The summed E-state index contributed by atoms with van der Waals surface area (Å²) in [5, 5.41) is 10.5. The highest BCUT2D eigenvalue weighted by Crippen LogP contribution is 2.35. The van der Waals surface area contributed by atoms with E-state index in [4.69, 9.17) is 9.47 Å². The fourth-order valence-corrected chi connectivity index (χ4v) is 2.35. The quantitative estimate of drug-likeness (QED) is 0.788. The molecular weight excluding hydrogens is 204 g/mol. The van der Waals surface area contributed by atoms with Gasteiger partial charge in [0.15, 0.2) is 0 Å². The summed E-state index contributed by atoms with van der Waals surface area (Å²) >= 11 is 0. The summed E-state index contributed by atoms with van der Waals surface area (Å²) in [6.45, 7) is 4.12. The largest absolute Gasteiger partial charge is 0.390 e. The lowest BCUT2D eigenvalue weighted by molar-refractivity contribution is -0.0793. The van der Waals surface area contributed by atoms with Gasteiger partial charge >= 0.3 is 0 Å². The van der Waals surface area contributed by atoms with Crippen molar-refractivity contribution in [2.75, 3.05) is 14.2 Å². The van der Waals surface area contributed by atoms with Gasteiger partial charge in [-0.1, -0.05) is 0 Å². The molecule has 2 unspecified atom stereocenters. The Balaban J connectivity index is 2.45. The number of aliphatic hydroxyl groups is 1. The normalized spacial score (nSPS) is 31.7. The summed E-state index contributed by atoms with van der Waals surface area (Å²) < 4.78 is 10.7. The molecule has 1 rings (SSSR count). The van der Waals surface area contributed by atoms with Crippen LogP contribution in [0.5, 0.6) is 0 Å². The summed E-state index contributed by atoms with van der Waals surface area (Å²) in [7, 11) is 3.46. The fraction of sp³-hybridized carbons (Fsp3) is 1.00. The minimum atomic E-state index is -0.547. The highest BCUT2D eigenvalue weighted by molar-refractivity contribution is 4.88. The van der Waals surface area contributed by atoms with Crippen molar-refractivity contribution in [3.63, 3.8) is 0 Å². The van der Waals surface area contributed by atoms with Crippen molar-refractivity contribution in [1.29, 1.82) is 0 Å². The second-order valence-electron chi connectivity index (χ2n) is 5.64. The van der Waals surface area contributed by atoms with Crippen LogP contribution in [0.2, 0.25) is 0 Å². The maximum Gasteiger partial charge on any atom is 0.0673 e. The molecule has 1 saturated carbocycles. The Morgan fingerprint density at radius 1 is 1.38 bits per heavy atom. The van der Waals surface area contributed by atoms with Crippen molar-refractivity contribution in [2.45, 2.75) is 69.7 Å². The number of methoxy groups -OCH3 is 2. The zero-order chi connectivity index (χ0) is 12.2. The summed E-state index contributed by atoms with van der Waals surface area (Å²) in [4.78, 5) is 0. The number of hydrogen-bond donors (Lipinski definition) is 1. The maximum absolute atomic E-state index is 10.5. The predicted octanol–water partition coefficient (Wildman–Crippen LogP) is 2.51. The van der Waals surface area contributed by atoms with E-state index in [1.807, 2.05) is 0 Å². The van der Waals surface area contributed by atoms with Gasteiger partial charge < -0.3 is 14.6 Å².